The van der Waals surface area contributed by atoms with Crippen LogP contribution in [0.25, 0.3) is 28.0 Å². The van der Waals surface area contributed by atoms with Gasteiger partial charge in [0.05, 0.1) is 18.3 Å². The fraction of sp³-hybridized carbons (Fsp3) is 0.143. The number of halogens is 1. The van der Waals surface area contributed by atoms with E-state index >= 15 is 0 Å². The SMILES string of the molecule is CC(C)c1ccnc(NC(=O)Cc2ccc(-c3cnc4cc(-c5ccncc5)ccn34)cc2F)c1. The zero-order valence-electron chi connectivity index (χ0n) is 19.4. The molecule has 0 atom stereocenters. The van der Waals surface area contributed by atoms with Gasteiger partial charge in [0.25, 0.3) is 0 Å². The number of benzene rings is 1. The fourth-order valence-electron chi connectivity index (χ4n) is 4.00. The van der Waals surface area contributed by atoms with Crippen molar-refractivity contribution in [1.82, 2.24) is 19.4 Å². The van der Waals surface area contributed by atoms with Crippen molar-refractivity contribution in [2.75, 3.05) is 5.32 Å². The Morgan fingerprint density at radius 2 is 1.77 bits per heavy atom. The van der Waals surface area contributed by atoms with E-state index in [1.54, 1.807) is 30.9 Å². The lowest BCUT2D eigenvalue weighted by Crippen LogP contribution is -2.16. The zero-order chi connectivity index (χ0) is 24.4. The highest BCUT2D eigenvalue weighted by Crippen LogP contribution is 2.26. The van der Waals surface area contributed by atoms with E-state index in [0.29, 0.717) is 22.9 Å². The second-order valence-corrected chi connectivity index (χ2v) is 8.68. The Balaban J connectivity index is 1.34. The minimum atomic E-state index is -0.440. The maximum Gasteiger partial charge on any atom is 0.230 e. The Morgan fingerprint density at radius 3 is 2.54 bits per heavy atom. The van der Waals surface area contributed by atoms with Crippen molar-refractivity contribution in [3.05, 3.63) is 103 Å². The summed E-state index contributed by atoms with van der Waals surface area (Å²) in [7, 11) is 0. The summed E-state index contributed by atoms with van der Waals surface area (Å²) >= 11 is 0. The van der Waals surface area contributed by atoms with Gasteiger partial charge in [0.1, 0.15) is 17.3 Å². The number of fused-ring (bicyclic) bond motifs is 1. The van der Waals surface area contributed by atoms with Crippen LogP contribution in [0.3, 0.4) is 0 Å². The molecular weight excluding hydrogens is 441 g/mol. The lowest BCUT2D eigenvalue weighted by Gasteiger charge is -2.10. The molecule has 0 aliphatic rings. The highest BCUT2D eigenvalue weighted by atomic mass is 19.1. The molecule has 4 heterocycles. The molecular formula is C28H24FN5O. The van der Waals surface area contributed by atoms with Crippen molar-refractivity contribution in [3.8, 4) is 22.4 Å². The molecule has 1 N–H and O–H groups in total. The number of nitrogens with zero attached hydrogens (tertiary/aromatic N) is 4. The van der Waals surface area contributed by atoms with Gasteiger partial charge < -0.3 is 5.32 Å². The van der Waals surface area contributed by atoms with Gasteiger partial charge in [-0.05, 0) is 70.6 Å². The van der Waals surface area contributed by atoms with Gasteiger partial charge in [0.15, 0.2) is 0 Å². The molecule has 0 fully saturated rings. The fourth-order valence-corrected chi connectivity index (χ4v) is 4.00. The predicted molar refractivity (Wildman–Crippen MR) is 134 cm³/mol. The smallest absolute Gasteiger partial charge is 0.230 e. The first-order valence-corrected chi connectivity index (χ1v) is 11.4. The van der Waals surface area contributed by atoms with Gasteiger partial charge in [0, 0.05) is 30.4 Å². The first-order valence-electron chi connectivity index (χ1n) is 11.4. The Kier molecular flexibility index (Phi) is 6.06. The van der Waals surface area contributed by atoms with E-state index in [4.69, 9.17) is 0 Å². The van der Waals surface area contributed by atoms with Gasteiger partial charge >= 0.3 is 0 Å². The monoisotopic (exact) mass is 465 g/mol. The van der Waals surface area contributed by atoms with Gasteiger partial charge in [-0.2, -0.15) is 0 Å². The number of amides is 1. The molecule has 0 unspecified atom stereocenters. The largest absolute Gasteiger partial charge is 0.310 e. The minimum Gasteiger partial charge on any atom is -0.310 e. The zero-order valence-corrected chi connectivity index (χ0v) is 19.4. The quantitative estimate of drug-likeness (QED) is 0.339. The standard InChI is InChI=1S/C28H24FN5O/c1-18(2)20-7-11-31-26(14-20)33-28(35)16-22-3-4-23(13-24(22)29)25-17-32-27-15-21(8-12-34(25)27)19-5-9-30-10-6-19/h3-15,17-18H,16H2,1-2H3,(H,31,33,35). The van der Waals surface area contributed by atoms with Crippen LogP contribution >= 0.6 is 0 Å². The highest BCUT2D eigenvalue weighted by molar-refractivity contribution is 5.91. The summed E-state index contributed by atoms with van der Waals surface area (Å²) in [6, 6.07) is 16.5. The average Bonchev–Trinajstić information content (AvgIpc) is 3.29. The van der Waals surface area contributed by atoms with E-state index in [0.717, 1.165) is 28.0 Å². The summed E-state index contributed by atoms with van der Waals surface area (Å²) in [4.78, 5) is 25.3. The van der Waals surface area contributed by atoms with Gasteiger partial charge in [-0.15, -0.1) is 0 Å². The first-order chi connectivity index (χ1) is 17.0. The number of aromatic nitrogens is 4. The Labute approximate surface area is 202 Å². The van der Waals surface area contributed by atoms with Crippen LogP contribution < -0.4 is 5.32 Å². The van der Waals surface area contributed by atoms with Gasteiger partial charge in [-0.3, -0.25) is 14.2 Å². The number of carbonyl (C=O) groups excluding carboxylic acids is 1. The average molecular weight is 466 g/mol. The number of hydrogen-bond acceptors (Lipinski definition) is 4. The number of carbonyl (C=O) groups is 1. The van der Waals surface area contributed by atoms with Gasteiger partial charge in [-0.25, -0.2) is 14.4 Å². The number of nitrogens with one attached hydrogen (secondary N) is 1. The summed E-state index contributed by atoms with van der Waals surface area (Å²) in [6.45, 7) is 4.14. The number of rotatable bonds is 6. The van der Waals surface area contributed by atoms with E-state index in [2.05, 4.69) is 34.1 Å². The molecule has 0 spiro atoms. The van der Waals surface area contributed by atoms with Crippen LogP contribution in [-0.2, 0) is 11.2 Å². The molecule has 0 bridgehead atoms. The molecule has 174 valence electrons. The molecule has 7 heteroatoms. The van der Waals surface area contributed by atoms with Crippen molar-refractivity contribution in [3.63, 3.8) is 0 Å². The van der Waals surface area contributed by atoms with Crippen molar-refractivity contribution in [2.24, 2.45) is 0 Å². The summed E-state index contributed by atoms with van der Waals surface area (Å²) in [5.41, 5.74) is 5.68. The van der Waals surface area contributed by atoms with Crippen LogP contribution in [0.5, 0.6) is 0 Å². The molecule has 6 nitrogen and oxygen atoms in total. The lowest BCUT2D eigenvalue weighted by molar-refractivity contribution is -0.115. The van der Waals surface area contributed by atoms with Crippen molar-refractivity contribution in [2.45, 2.75) is 26.2 Å². The highest BCUT2D eigenvalue weighted by Gasteiger charge is 2.13. The van der Waals surface area contributed by atoms with E-state index in [-0.39, 0.29) is 12.3 Å². The second-order valence-electron chi connectivity index (χ2n) is 8.68. The van der Waals surface area contributed by atoms with Crippen LogP contribution in [0.4, 0.5) is 10.2 Å². The van der Waals surface area contributed by atoms with Crippen LogP contribution in [0, 0.1) is 5.82 Å². The molecule has 35 heavy (non-hydrogen) atoms. The molecule has 5 aromatic rings. The van der Waals surface area contributed by atoms with E-state index in [1.165, 1.54) is 6.07 Å². The normalized spacial score (nSPS) is 11.2. The third-order valence-electron chi connectivity index (χ3n) is 5.94. The summed E-state index contributed by atoms with van der Waals surface area (Å²) < 4.78 is 16.9. The number of imidazole rings is 1. The van der Waals surface area contributed by atoms with Crippen molar-refractivity contribution >= 4 is 17.4 Å². The van der Waals surface area contributed by atoms with E-state index in [1.807, 2.05) is 53.1 Å². The van der Waals surface area contributed by atoms with Gasteiger partial charge in [0.2, 0.25) is 5.91 Å². The lowest BCUT2D eigenvalue weighted by atomic mass is 10.0. The van der Waals surface area contributed by atoms with Gasteiger partial charge in [-0.1, -0.05) is 26.0 Å². The maximum atomic E-state index is 15.0. The molecule has 0 saturated heterocycles. The Morgan fingerprint density at radius 1 is 0.943 bits per heavy atom. The number of anilines is 1. The third kappa shape index (κ3) is 4.80. The molecule has 5 rings (SSSR count). The topological polar surface area (TPSA) is 72.2 Å². The van der Waals surface area contributed by atoms with E-state index < -0.39 is 5.82 Å². The molecule has 0 radical (unpaired) electrons. The molecule has 0 aliphatic carbocycles. The van der Waals surface area contributed by atoms with Crippen LogP contribution in [-0.4, -0.2) is 25.3 Å². The molecule has 1 amide bonds. The maximum absolute atomic E-state index is 15.0. The number of pyridine rings is 3. The molecule has 0 aliphatic heterocycles. The van der Waals surface area contributed by atoms with Crippen LogP contribution in [0.1, 0.15) is 30.9 Å². The third-order valence-corrected chi connectivity index (χ3v) is 5.94. The second kappa shape index (κ2) is 9.46. The van der Waals surface area contributed by atoms with Crippen LogP contribution in [0.15, 0.2) is 85.6 Å². The first kappa shape index (κ1) is 22.4. The molecule has 0 saturated carbocycles. The summed E-state index contributed by atoms with van der Waals surface area (Å²) in [5, 5.41) is 2.76. The molecule has 4 aromatic heterocycles. The Hall–Kier alpha value is -4.39. The van der Waals surface area contributed by atoms with Crippen LogP contribution in [0.2, 0.25) is 0 Å². The Bertz CT molecular complexity index is 1510. The summed E-state index contributed by atoms with van der Waals surface area (Å²) in [6.07, 6.45) is 8.73. The van der Waals surface area contributed by atoms with Crippen molar-refractivity contribution in [1.29, 1.82) is 0 Å². The predicted octanol–water partition coefficient (Wildman–Crippen LogP) is 5.90. The molecule has 1 aromatic carbocycles. The summed E-state index contributed by atoms with van der Waals surface area (Å²) in [5.74, 6) is 0.0315. The minimum absolute atomic E-state index is 0.0812. The van der Waals surface area contributed by atoms with E-state index in [9.17, 15) is 9.18 Å². The van der Waals surface area contributed by atoms with Crippen molar-refractivity contribution < 1.29 is 9.18 Å². The number of hydrogen-bond donors (Lipinski definition) is 1.